The highest BCUT2D eigenvalue weighted by Crippen LogP contribution is 2.67. The predicted octanol–water partition coefficient (Wildman–Crippen LogP) is 7.23. The van der Waals surface area contributed by atoms with E-state index in [9.17, 15) is 0 Å². The van der Waals surface area contributed by atoms with Gasteiger partial charge in [-0.05, 0) is 98.2 Å². The third kappa shape index (κ3) is 2.44. The molecule has 0 aromatic carbocycles. The molecule has 0 spiro atoms. The Balaban J connectivity index is 1.55. The summed E-state index contributed by atoms with van der Waals surface area (Å²) in [5.41, 5.74) is 1.44. The molecule has 0 heterocycles. The number of fused-ring (bicyclic) bond motifs is 5. The summed E-state index contributed by atoms with van der Waals surface area (Å²) >= 11 is 0. The maximum atomic E-state index is 2.72. The second-order valence-electron chi connectivity index (χ2n) is 10.4. The van der Waals surface area contributed by atoms with Crippen LogP contribution in [-0.4, -0.2) is 0 Å². The van der Waals surface area contributed by atoms with E-state index in [4.69, 9.17) is 0 Å². The van der Waals surface area contributed by atoms with Crippen molar-refractivity contribution >= 4 is 0 Å². The fraction of sp³-hybridized carbons (Fsp3) is 1.00. The first-order chi connectivity index (χ1) is 11.1. The van der Waals surface area contributed by atoms with Crippen molar-refractivity contribution in [2.75, 3.05) is 0 Å². The molecule has 4 fully saturated rings. The first-order valence-electron chi connectivity index (χ1n) is 11.1. The standard InChI is InChI=1S/C23H40/c1-4-5-8-17-11-13-20-19-12-10-18-9-6-7-15-22(18,2)21(19)14-16-23(17,20)3/h17-21H,4-16H2,1-3H3/t17-,18?,19?,20?,21?,22?,23?/m0/s1. The molecule has 0 aromatic rings. The summed E-state index contributed by atoms with van der Waals surface area (Å²) in [7, 11) is 0. The van der Waals surface area contributed by atoms with Crippen LogP contribution in [0.25, 0.3) is 0 Å². The summed E-state index contributed by atoms with van der Waals surface area (Å²) < 4.78 is 0. The SMILES string of the molecule is CCCC[C@H]1CCC2C3CCC4CCCCC4(C)C3CCC21C. The van der Waals surface area contributed by atoms with E-state index in [-0.39, 0.29) is 0 Å². The predicted molar refractivity (Wildman–Crippen MR) is 99.4 cm³/mol. The van der Waals surface area contributed by atoms with Crippen LogP contribution in [0.1, 0.15) is 104 Å². The summed E-state index contributed by atoms with van der Waals surface area (Å²) in [5.74, 6) is 5.41. The van der Waals surface area contributed by atoms with Gasteiger partial charge in [-0.3, -0.25) is 0 Å². The van der Waals surface area contributed by atoms with Crippen LogP contribution in [0, 0.1) is 40.4 Å². The average molecular weight is 317 g/mol. The molecule has 0 N–H and O–H groups in total. The molecular formula is C23H40. The van der Waals surface area contributed by atoms with E-state index in [1.807, 2.05) is 0 Å². The van der Waals surface area contributed by atoms with E-state index < -0.39 is 0 Å². The van der Waals surface area contributed by atoms with E-state index in [0.29, 0.717) is 5.41 Å². The van der Waals surface area contributed by atoms with Crippen LogP contribution in [0.15, 0.2) is 0 Å². The van der Waals surface area contributed by atoms with Gasteiger partial charge in [-0.15, -0.1) is 0 Å². The van der Waals surface area contributed by atoms with Crippen LogP contribution < -0.4 is 0 Å². The van der Waals surface area contributed by atoms with E-state index in [2.05, 4.69) is 20.8 Å². The van der Waals surface area contributed by atoms with Crippen molar-refractivity contribution < 1.29 is 0 Å². The molecule has 0 amide bonds. The third-order valence-corrected chi connectivity index (χ3v) is 9.69. The van der Waals surface area contributed by atoms with Crippen LogP contribution in [-0.2, 0) is 0 Å². The number of hydrogen-bond acceptors (Lipinski definition) is 0. The number of unbranched alkanes of at least 4 members (excludes halogenated alkanes) is 1. The lowest BCUT2D eigenvalue weighted by molar-refractivity contribution is -0.111. The molecule has 0 aliphatic heterocycles. The van der Waals surface area contributed by atoms with Gasteiger partial charge in [0.25, 0.3) is 0 Å². The Bertz CT molecular complexity index is 426. The molecule has 6 unspecified atom stereocenters. The van der Waals surface area contributed by atoms with Crippen LogP contribution in [0.5, 0.6) is 0 Å². The van der Waals surface area contributed by atoms with Gasteiger partial charge in [-0.1, -0.05) is 46.5 Å². The number of rotatable bonds is 3. The zero-order chi connectivity index (χ0) is 16.1. The lowest BCUT2D eigenvalue weighted by Crippen LogP contribution is -2.52. The van der Waals surface area contributed by atoms with Crippen molar-refractivity contribution in [1.82, 2.24) is 0 Å². The highest BCUT2D eigenvalue weighted by molar-refractivity contribution is 5.08. The van der Waals surface area contributed by atoms with Gasteiger partial charge in [0.1, 0.15) is 0 Å². The van der Waals surface area contributed by atoms with Gasteiger partial charge in [0.2, 0.25) is 0 Å². The number of hydrogen-bond donors (Lipinski definition) is 0. The molecule has 4 rings (SSSR count). The van der Waals surface area contributed by atoms with E-state index in [1.165, 1.54) is 32.1 Å². The normalized spacial score (nSPS) is 52.6. The van der Waals surface area contributed by atoms with Gasteiger partial charge >= 0.3 is 0 Å². The van der Waals surface area contributed by atoms with Crippen LogP contribution in [0.2, 0.25) is 0 Å². The topological polar surface area (TPSA) is 0 Å². The Labute approximate surface area is 145 Å². The molecule has 4 aliphatic rings. The van der Waals surface area contributed by atoms with Gasteiger partial charge < -0.3 is 0 Å². The highest BCUT2D eigenvalue weighted by atomic mass is 14.6. The van der Waals surface area contributed by atoms with Gasteiger partial charge in [-0.2, -0.15) is 0 Å². The van der Waals surface area contributed by atoms with Gasteiger partial charge in [-0.25, -0.2) is 0 Å². The first kappa shape index (κ1) is 16.5. The quantitative estimate of drug-likeness (QED) is 0.515. The Morgan fingerprint density at radius 2 is 1.61 bits per heavy atom. The lowest BCUT2D eigenvalue weighted by atomic mass is 9.45. The van der Waals surface area contributed by atoms with Crippen LogP contribution >= 0.6 is 0 Å². The monoisotopic (exact) mass is 316 g/mol. The van der Waals surface area contributed by atoms with Crippen molar-refractivity contribution in [2.45, 2.75) is 104 Å². The molecule has 0 heteroatoms. The summed E-state index contributed by atoms with van der Waals surface area (Å²) in [6.07, 6.45) is 20.0. The maximum absolute atomic E-state index is 2.72. The zero-order valence-electron chi connectivity index (χ0n) is 16.1. The third-order valence-electron chi connectivity index (χ3n) is 9.69. The minimum atomic E-state index is 0.716. The molecule has 0 nitrogen and oxygen atoms in total. The summed E-state index contributed by atoms with van der Waals surface area (Å²) in [6, 6.07) is 0. The van der Waals surface area contributed by atoms with E-state index >= 15 is 0 Å². The van der Waals surface area contributed by atoms with Crippen LogP contribution in [0.3, 0.4) is 0 Å². The van der Waals surface area contributed by atoms with Gasteiger partial charge in [0.05, 0.1) is 0 Å². The zero-order valence-corrected chi connectivity index (χ0v) is 16.1. The molecule has 4 saturated carbocycles. The molecule has 7 atom stereocenters. The van der Waals surface area contributed by atoms with Crippen molar-refractivity contribution in [3.05, 3.63) is 0 Å². The van der Waals surface area contributed by atoms with Crippen molar-refractivity contribution in [3.63, 3.8) is 0 Å². The van der Waals surface area contributed by atoms with Crippen molar-refractivity contribution in [3.8, 4) is 0 Å². The largest absolute Gasteiger partial charge is 0.0654 e. The van der Waals surface area contributed by atoms with Gasteiger partial charge in [0, 0.05) is 0 Å². The second kappa shape index (κ2) is 6.06. The Kier molecular flexibility index (Phi) is 4.34. The summed E-state index contributed by atoms with van der Waals surface area (Å²) in [6.45, 7) is 7.81. The molecule has 0 bridgehead atoms. The molecule has 0 radical (unpaired) electrons. The fourth-order valence-electron chi connectivity index (χ4n) is 8.33. The molecule has 0 saturated heterocycles. The smallest absolute Gasteiger partial charge is 0.0266 e. The Hall–Kier alpha value is 0. The van der Waals surface area contributed by atoms with Crippen molar-refractivity contribution in [1.29, 1.82) is 0 Å². The minimum Gasteiger partial charge on any atom is -0.0654 e. The Morgan fingerprint density at radius 1 is 0.783 bits per heavy atom. The molecular weight excluding hydrogens is 276 g/mol. The summed E-state index contributed by atoms with van der Waals surface area (Å²) in [5, 5.41) is 0. The van der Waals surface area contributed by atoms with Crippen molar-refractivity contribution in [2.24, 2.45) is 40.4 Å². The van der Waals surface area contributed by atoms with E-state index in [0.717, 1.165) is 35.0 Å². The molecule has 132 valence electrons. The van der Waals surface area contributed by atoms with E-state index in [1.54, 1.807) is 51.4 Å². The van der Waals surface area contributed by atoms with Crippen LogP contribution in [0.4, 0.5) is 0 Å². The average Bonchev–Trinajstić information content (AvgIpc) is 2.89. The molecule has 23 heavy (non-hydrogen) atoms. The maximum Gasteiger partial charge on any atom is -0.0266 e. The summed E-state index contributed by atoms with van der Waals surface area (Å²) in [4.78, 5) is 0. The minimum absolute atomic E-state index is 0.716. The molecule has 0 aromatic heterocycles. The fourth-order valence-corrected chi connectivity index (χ4v) is 8.33. The second-order valence-corrected chi connectivity index (χ2v) is 10.4. The first-order valence-corrected chi connectivity index (χ1v) is 11.1. The Morgan fingerprint density at radius 3 is 2.43 bits per heavy atom. The molecule has 4 aliphatic carbocycles. The lowest BCUT2D eigenvalue weighted by Gasteiger charge is -2.60. The highest BCUT2D eigenvalue weighted by Gasteiger charge is 2.59. The van der Waals surface area contributed by atoms with Gasteiger partial charge in [0.15, 0.2) is 0 Å².